The van der Waals surface area contributed by atoms with Gasteiger partial charge in [-0.1, -0.05) is 36.4 Å². The summed E-state index contributed by atoms with van der Waals surface area (Å²) in [6, 6.07) is 12.8. The van der Waals surface area contributed by atoms with E-state index in [0.29, 0.717) is 13.1 Å². The first kappa shape index (κ1) is 22.2. The van der Waals surface area contributed by atoms with Crippen LogP contribution in [0.3, 0.4) is 0 Å². The van der Waals surface area contributed by atoms with Gasteiger partial charge in [-0.2, -0.15) is 8.99 Å². The molecule has 0 N–H and O–H groups in total. The van der Waals surface area contributed by atoms with Gasteiger partial charge < -0.3 is 9.32 Å². The van der Waals surface area contributed by atoms with Gasteiger partial charge in [0, 0.05) is 38.0 Å². The lowest BCUT2D eigenvalue weighted by Gasteiger charge is -2.33. The molecule has 0 spiro atoms. The molecule has 1 aliphatic heterocycles. The Hall–Kier alpha value is -3.02. The van der Waals surface area contributed by atoms with Crippen molar-refractivity contribution in [1.82, 2.24) is 19.0 Å². The van der Waals surface area contributed by atoms with Crippen molar-refractivity contribution < 1.29 is 17.6 Å². The summed E-state index contributed by atoms with van der Waals surface area (Å²) < 4.78 is 32.8. The average Bonchev–Trinajstić information content (AvgIpc) is 3.47. The number of rotatable bonds is 7. The van der Waals surface area contributed by atoms with Gasteiger partial charge in [-0.15, -0.1) is 16.4 Å². The van der Waals surface area contributed by atoms with Crippen molar-refractivity contribution in [2.45, 2.75) is 13.0 Å². The van der Waals surface area contributed by atoms with Gasteiger partial charge in [0.25, 0.3) is 5.89 Å². The molecular formula is C21H22N4O5S2. The molecule has 1 aromatic carbocycles. The highest BCUT2D eigenvalue weighted by atomic mass is 32.2. The van der Waals surface area contributed by atoms with Crippen LogP contribution >= 0.6 is 11.3 Å². The first-order chi connectivity index (χ1) is 15.4. The maximum atomic E-state index is 12.6. The molecule has 168 valence electrons. The number of sulfonamides is 1. The van der Waals surface area contributed by atoms with E-state index < -0.39 is 15.8 Å². The van der Waals surface area contributed by atoms with Gasteiger partial charge in [0.1, 0.15) is 0 Å². The first-order valence-corrected chi connectivity index (χ1v) is 12.4. The number of hydrogen-bond donors (Lipinski definition) is 0. The lowest BCUT2D eigenvalue weighted by Crippen LogP contribution is -2.50. The fourth-order valence-corrected chi connectivity index (χ4v) is 5.13. The molecular weight excluding hydrogens is 452 g/mol. The number of hydrogen-bond acceptors (Lipinski definition) is 7. The molecule has 0 atom stereocenters. The fraction of sp³-hybridized carbons (Fsp3) is 0.286. The summed E-state index contributed by atoms with van der Waals surface area (Å²) in [5, 5.41) is 7.19. The molecule has 1 fully saturated rings. The molecule has 32 heavy (non-hydrogen) atoms. The Bertz CT molecular complexity index is 1240. The highest BCUT2D eigenvalue weighted by molar-refractivity contribution is 7.92. The second-order valence-electron chi connectivity index (χ2n) is 7.16. The zero-order valence-electron chi connectivity index (χ0n) is 17.2. The summed E-state index contributed by atoms with van der Waals surface area (Å²) in [5.74, 6) is -0.531. The maximum absolute atomic E-state index is 12.6. The molecule has 3 heterocycles. The molecule has 9 nitrogen and oxygen atoms in total. The Labute approximate surface area is 189 Å². The predicted octanol–water partition coefficient (Wildman–Crippen LogP) is 2.10. The summed E-state index contributed by atoms with van der Waals surface area (Å²) in [6.07, 6.45) is 1.64. The largest absolute Gasteiger partial charge is 0.437 e. The summed E-state index contributed by atoms with van der Waals surface area (Å²) >= 11 is 1.41. The van der Waals surface area contributed by atoms with Gasteiger partial charge in [0.15, 0.2) is 0 Å². The molecule has 11 heteroatoms. The van der Waals surface area contributed by atoms with Crippen LogP contribution in [0, 0.1) is 0 Å². The van der Waals surface area contributed by atoms with Crippen LogP contribution in [0.25, 0.3) is 16.8 Å². The molecule has 1 aliphatic rings. The van der Waals surface area contributed by atoms with E-state index in [1.54, 1.807) is 17.0 Å². The van der Waals surface area contributed by atoms with Gasteiger partial charge in [0.2, 0.25) is 15.9 Å². The van der Waals surface area contributed by atoms with E-state index >= 15 is 0 Å². The number of thiophene rings is 1. The van der Waals surface area contributed by atoms with Crippen LogP contribution in [0.5, 0.6) is 0 Å². The van der Waals surface area contributed by atoms with E-state index in [-0.39, 0.29) is 37.9 Å². The number of piperazine rings is 1. The van der Waals surface area contributed by atoms with Gasteiger partial charge in [-0.25, -0.2) is 13.2 Å². The maximum Gasteiger partial charge on any atom is 0.437 e. The van der Waals surface area contributed by atoms with Crippen LogP contribution in [0.15, 0.2) is 62.5 Å². The zero-order valence-corrected chi connectivity index (χ0v) is 18.8. The number of aromatic nitrogens is 2. The van der Waals surface area contributed by atoms with E-state index in [1.807, 2.05) is 41.8 Å². The Balaban J connectivity index is 1.29. The van der Waals surface area contributed by atoms with Gasteiger partial charge >= 0.3 is 5.76 Å². The molecule has 1 saturated heterocycles. The molecule has 0 saturated carbocycles. The van der Waals surface area contributed by atoms with Gasteiger partial charge in [-0.05, 0) is 23.1 Å². The smallest absolute Gasteiger partial charge is 0.387 e. The normalized spacial score (nSPS) is 15.4. The van der Waals surface area contributed by atoms with Crippen molar-refractivity contribution >= 4 is 33.3 Å². The Morgan fingerprint density at radius 2 is 1.84 bits per heavy atom. The molecule has 0 aliphatic carbocycles. The zero-order chi connectivity index (χ0) is 22.6. The van der Waals surface area contributed by atoms with Crippen molar-refractivity contribution in [2.24, 2.45) is 0 Å². The Morgan fingerprint density at radius 3 is 2.53 bits per heavy atom. The fourth-order valence-electron chi connectivity index (χ4n) is 3.31. The quantitative estimate of drug-likeness (QED) is 0.519. The summed E-state index contributed by atoms with van der Waals surface area (Å²) in [7, 11) is -3.56. The molecule has 0 unspecified atom stereocenters. The average molecular weight is 475 g/mol. The van der Waals surface area contributed by atoms with E-state index in [4.69, 9.17) is 4.42 Å². The predicted molar refractivity (Wildman–Crippen MR) is 121 cm³/mol. The molecule has 4 rings (SSSR count). The van der Waals surface area contributed by atoms with Crippen LogP contribution in [-0.4, -0.2) is 59.5 Å². The minimum absolute atomic E-state index is 0.0803. The lowest BCUT2D eigenvalue weighted by atomic mass is 10.2. The van der Waals surface area contributed by atoms with Crippen molar-refractivity contribution in [2.75, 3.05) is 26.2 Å². The highest BCUT2D eigenvalue weighted by Gasteiger charge is 2.27. The van der Waals surface area contributed by atoms with Crippen molar-refractivity contribution in [1.29, 1.82) is 0 Å². The number of carbonyl (C=O) groups is 1. The van der Waals surface area contributed by atoms with Crippen molar-refractivity contribution in [3.8, 4) is 10.8 Å². The third kappa shape index (κ3) is 5.23. The molecule has 1 amide bonds. The summed E-state index contributed by atoms with van der Waals surface area (Å²) in [5.41, 5.74) is 0.801. The molecule has 0 radical (unpaired) electrons. The summed E-state index contributed by atoms with van der Waals surface area (Å²) in [4.78, 5) is 26.9. The van der Waals surface area contributed by atoms with E-state index in [1.165, 1.54) is 21.1 Å². The monoisotopic (exact) mass is 474 g/mol. The molecule has 2 aromatic heterocycles. The third-order valence-corrected chi connectivity index (χ3v) is 7.48. The third-order valence-electron chi connectivity index (χ3n) is 5.06. The lowest BCUT2D eigenvalue weighted by molar-refractivity contribution is -0.132. The molecule has 0 bridgehead atoms. The van der Waals surface area contributed by atoms with Gasteiger partial charge in [-0.3, -0.25) is 4.79 Å². The van der Waals surface area contributed by atoms with Crippen LogP contribution < -0.4 is 5.76 Å². The standard InChI is InChI=1S/C21H22N4O5S2/c26-19(8-10-25-21(27)30-20(22-25)18-7-4-15-31-18)23-11-13-24(14-12-23)32(28,29)16-9-17-5-2-1-3-6-17/h1-7,9,15-16H,8,10-14H2/b16-9+. The van der Waals surface area contributed by atoms with Crippen LogP contribution in [0.4, 0.5) is 0 Å². The Morgan fingerprint density at radius 1 is 1.09 bits per heavy atom. The van der Waals surface area contributed by atoms with E-state index in [2.05, 4.69) is 5.10 Å². The van der Waals surface area contributed by atoms with E-state index in [9.17, 15) is 18.0 Å². The minimum Gasteiger partial charge on any atom is -0.387 e. The number of carbonyl (C=O) groups excluding carboxylic acids is 1. The SMILES string of the molecule is O=C(CCn1nc(-c2cccs2)oc1=O)N1CCN(S(=O)(=O)/C=C/c2ccccc2)CC1. The summed E-state index contributed by atoms with van der Waals surface area (Å²) in [6.45, 7) is 1.14. The molecule has 3 aromatic rings. The number of amides is 1. The Kier molecular flexibility index (Phi) is 6.68. The van der Waals surface area contributed by atoms with Crippen molar-refractivity contribution in [3.05, 3.63) is 69.4 Å². The first-order valence-electron chi connectivity index (χ1n) is 10.1. The van der Waals surface area contributed by atoms with Crippen LogP contribution in [-0.2, 0) is 21.4 Å². The van der Waals surface area contributed by atoms with Crippen LogP contribution in [0.2, 0.25) is 0 Å². The van der Waals surface area contributed by atoms with Gasteiger partial charge in [0.05, 0.1) is 11.4 Å². The second-order valence-corrected chi connectivity index (χ2v) is 9.93. The highest BCUT2D eigenvalue weighted by Crippen LogP contribution is 2.21. The topological polar surface area (TPSA) is 106 Å². The number of aryl methyl sites for hydroxylation is 1. The number of nitrogens with zero attached hydrogens (tertiary/aromatic N) is 4. The minimum atomic E-state index is -3.56. The van der Waals surface area contributed by atoms with E-state index in [0.717, 1.165) is 15.1 Å². The second kappa shape index (κ2) is 9.63. The van der Waals surface area contributed by atoms with Crippen LogP contribution in [0.1, 0.15) is 12.0 Å². The van der Waals surface area contributed by atoms with Crippen molar-refractivity contribution in [3.63, 3.8) is 0 Å². The number of benzene rings is 1.